The van der Waals surface area contributed by atoms with Gasteiger partial charge in [-0.05, 0) is 13.1 Å². The summed E-state index contributed by atoms with van der Waals surface area (Å²) < 4.78 is 17.9. The highest BCUT2D eigenvalue weighted by atomic mass is 19.1. The first-order valence-corrected chi connectivity index (χ1v) is 3.89. The zero-order valence-corrected chi connectivity index (χ0v) is 7.60. The summed E-state index contributed by atoms with van der Waals surface area (Å²) in [4.78, 5) is 0. The highest BCUT2D eigenvalue weighted by Gasteiger charge is 2.08. The van der Waals surface area contributed by atoms with Crippen LogP contribution in [0.3, 0.4) is 0 Å². The van der Waals surface area contributed by atoms with Gasteiger partial charge in [0.15, 0.2) is 11.5 Å². The van der Waals surface area contributed by atoms with E-state index in [1.165, 1.54) is 13.2 Å². The van der Waals surface area contributed by atoms with Gasteiger partial charge in [-0.1, -0.05) is 0 Å². The van der Waals surface area contributed by atoms with Crippen molar-refractivity contribution in [3.8, 4) is 11.5 Å². The molecule has 0 aliphatic carbocycles. The van der Waals surface area contributed by atoms with Gasteiger partial charge in [-0.25, -0.2) is 4.39 Å². The number of rotatable bonds is 3. The molecule has 0 atom stereocenters. The summed E-state index contributed by atoms with van der Waals surface area (Å²) in [6.45, 7) is 0.405. The molecule has 3 nitrogen and oxygen atoms in total. The quantitative estimate of drug-likeness (QED) is 0.744. The van der Waals surface area contributed by atoms with E-state index in [2.05, 4.69) is 5.32 Å². The summed E-state index contributed by atoms with van der Waals surface area (Å²) >= 11 is 0. The Bertz CT molecular complexity index is 302. The molecule has 0 saturated carbocycles. The molecule has 0 aliphatic heterocycles. The van der Waals surface area contributed by atoms with Gasteiger partial charge < -0.3 is 15.2 Å². The fraction of sp³-hybridized carbons (Fsp3) is 0.333. The van der Waals surface area contributed by atoms with Crippen LogP contribution >= 0.6 is 0 Å². The van der Waals surface area contributed by atoms with Crippen molar-refractivity contribution in [1.29, 1.82) is 0 Å². The standard InChI is InChI=1S/C9H12FNO2/c1-11-5-6-3-9(13-2)8(12)4-7(6)10/h3-4,11-12H,5H2,1-2H3. The summed E-state index contributed by atoms with van der Waals surface area (Å²) in [6.07, 6.45) is 0. The van der Waals surface area contributed by atoms with Gasteiger partial charge in [-0.15, -0.1) is 0 Å². The largest absolute Gasteiger partial charge is 0.504 e. The second kappa shape index (κ2) is 4.09. The molecular weight excluding hydrogens is 173 g/mol. The molecule has 0 bridgehead atoms. The monoisotopic (exact) mass is 185 g/mol. The molecule has 0 aromatic heterocycles. The lowest BCUT2D eigenvalue weighted by atomic mass is 10.2. The minimum Gasteiger partial charge on any atom is -0.504 e. The van der Waals surface area contributed by atoms with Gasteiger partial charge in [0.1, 0.15) is 5.82 Å². The highest BCUT2D eigenvalue weighted by molar-refractivity contribution is 5.42. The van der Waals surface area contributed by atoms with E-state index < -0.39 is 5.82 Å². The summed E-state index contributed by atoms with van der Waals surface area (Å²) in [5, 5.41) is 12.0. The van der Waals surface area contributed by atoms with Gasteiger partial charge in [0.25, 0.3) is 0 Å². The lowest BCUT2D eigenvalue weighted by Gasteiger charge is -2.07. The molecule has 72 valence electrons. The predicted octanol–water partition coefficient (Wildman–Crippen LogP) is 1.26. The van der Waals surface area contributed by atoms with Crippen molar-refractivity contribution in [3.63, 3.8) is 0 Å². The fourth-order valence-corrected chi connectivity index (χ4v) is 1.07. The second-order valence-electron chi connectivity index (χ2n) is 2.65. The molecule has 13 heavy (non-hydrogen) atoms. The molecule has 0 heterocycles. The molecule has 0 radical (unpaired) electrons. The Morgan fingerprint density at radius 1 is 1.54 bits per heavy atom. The molecule has 0 saturated heterocycles. The van der Waals surface area contributed by atoms with Crippen LogP contribution < -0.4 is 10.1 Å². The molecule has 4 heteroatoms. The SMILES string of the molecule is CNCc1cc(OC)c(O)cc1F. The van der Waals surface area contributed by atoms with Crippen molar-refractivity contribution in [2.75, 3.05) is 14.2 Å². The summed E-state index contributed by atoms with van der Waals surface area (Å²) in [6, 6.07) is 2.52. The van der Waals surface area contributed by atoms with Crippen LogP contribution in [0.15, 0.2) is 12.1 Å². The molecule has 0 aliphatic rings. The van der Waals surface area contributed by atoms with Crippen LogP contribution in [0.4, 0.5) is 4.39 Å². The van der Waals surface area contributed by atoms with E-state index in [4.69, 9.17) is 4.74 Å². The number of hydrogen-bond acceptors (Lipinski definition) is 3. The number of phenolic OH excluding ortho intramolecular Hbond substituents is 1. The number of nitrogens with one attached hydrogen (secondary N) is 1. The van der Waals surface area contributed by atoms with Gasteiger partial charge in [0.05, 0.1) is 7.11 Å². The Labute approximate surface area is 76.1 Å². The van der Waals surface area contributed by atoms with E-state index in [9.17, 15) is 9.50 Å². The average molecular weight is 185 g/mol. The summed E-state index contributed by atoms with van der Waals surface area (Å²) in [5.74, 6) is -0.334. The maximum absolute atomic E-state index is 13.1. The van der Waals surface area contributed by atoms with Gasteiger partial charge >= 0.3 is 0 Å². The van der Waals surface area contributed by atoms with Gasteiger partial charge in [0, 0.05) is 18.2 Å². The number of benzene rings is 1. The maximum atomic E-state index is 13.1. The Morgan fingerprint density at radius 2 is 2.23 bits per heavy atom. The molecule has 0 fully saturated rings. The van der Waals surface area contributed by atoms with Crippen molar-refractivity contribution in [1.82, 2.24) is 5.32 Å². The van der Waals surface area contributed by atoms with Gasteiger partial charge in [-0.3, -0.25) is 0 Å². The van der Waals surface area contributed by atoms with Crippen molar-refractivity contribution in [2.24, 2.45) is 0 Å². The Morgan fingerprint density at radius 3 is 2.77 bits per heavy atom. The Balaban J connectivity index is 3.06. The smallest absolute Gasteiger partial charge is 0.161 e. The van der Waals surface area contributed by atoms with E-state index in [-0.39, 0.29) is 11.5 Å². The maximum Gasteiger partial charge on any atom is 0.161 e. The molecule has 1 rings (SSSR count). The fourth-order valence-electron chi connectivity index (χ4n) is 1.07. The molecule has 2 N–H and O–H groups in total. The van der Waals surface area contributed by atoms with Gasteiger partial charge in [-0.2, -0.15) is 0 Å². The summed E-state index contributed by atoms with van der Waals surface area (Å²) in [5.41, 5.74) is 0.470. The third-order valence-corrected chi connectivity index (χ3v) is 1.72. The third-order valence-electron chi connectivity index (χ3n) is 1.72. The number of ether oxygens (including phenoxy) is 1. The minimum atomic E-state index is -0.437. The van der Waals surface area contributed by atoms with E-state index in [1.807, 2.05) is 0 Å². The van der Waals surface area contributed by atoms with Crippen LogP contribution in [0.2, 0.25) is 0 Å². The van der Waals surface area contributed by atoms with Crippen molar-refractivity contribution < 1.29 is 14.2 Å². The minimum absolute atomic E-state index is 0.181. The topological polar surface area (TPSA) is 41.5 Å². The molecule has 1 aromatic carbocycles. The summed E-state index contributed by atoms with van der Waals surface area (Å²) in [7, 11) is 3.15. The van der Waals surface area contributed by atoms with Crippen molar-refractivity contribution in [2.45, 2.75) is 6.54 Å². The first-order valence-electron chi connectivity index (χ1n) is 3.89. The van der Waals surface area contributed by atoms with Crippen LogP contribution in [-0.4, -0.2) is 19.3 Å². The molecule has 1 aromatic rings. The van der Waals surface area contributed by atoms with E-state index >= 15 is 0 Å². The first-order chi connectivity index (χ1) is 6.19. The number of halogens is 1. The number of hydrogen-bond donors (Lipinski definition) is 2. The van der Waals surface area contributed by atoms with Crippen molar-refractivity contribution in [3.05, 3.63) is 23.5 Å². The van der Waals surface area contributed by atoms with Crippen LogP contribution in [0, 0.1) is 5.82 Å². The third kappa shape index (κ3) is 2.09. The van der Waals surface area contributed by atoms with E-state index in [1.54, 1.807) is 7.05 Å². The lowest BCUT2D eigenvalue weighted by Crippen LogP contribution is -2.07. The predicted molar refractivity (Wildman–Crippen MR) is 47.4 cm³/mol. The number of aromatic hydroxyl groups is 1. The Kier molecular flexibility index (Phi) is 3.08. The zero-order chi connectivity index (χ0) is 9.84. The van der Waals surface area contributed by atoms with Crippen LogP contribution in [0.25, 0.3) is 0 Å². The normalized spacial score (nSPS) is 10.1. The lowest BCUT2D eigenvalue weighted by molar-refractivity contribution is 0.369. The van der Waals surface area contributed by atoms with Crippen LogP contribution in [0.1, 0.15) is 5.56 Å². The molecular formula is C9H12FNO2. The van der Waals surface area contributed by atoms with E-state index in [0.717, 1.165) is 6.07 Å². The Hall–Kier alpha value is -1.29. The second-order valence-corrected chi connectivity index (χ2v) is 2.65. The van der Waals surface area contributed by atoms with Crippen LogP contribution in [-0.2, 0) is 6.54 Å². The number of methoxy groups -OCH3 is 1. The average Bonchev–Trinajstić information content (AvgIpc) is 2.10. The first kappa shape index (κ1) is 9.80. The molecule has 0 spiro atoms. The van der Waals surface area contributed by atoms with E-state index in [0.29, 0.717) is 12.1 Å². The highest BCUT2D eigenvalue weighted by Crippen LogP contribution is 2.28. The van der Waals surface area contributed by atoms with Gasteiger partial charge in [0.2, 0.25) is 0 Å². The molecule has 0 amide bonds. The van der Waals surface area contributed by atoms with Crippen LogP contribution in [0.5, 0.6) is 11.5 Å². The number of phenols is 1. The molecule has 0 unspecified atom stereocenters. The zero-order valence-electron chi connectivity index (χ0n) is 7.60. The van der Waals surface area contributed by atoms with Crippen molar-refractivity contribution >= 4 is 0 Å².